The first-order valence-electron chi connectivity index (χ1n) is 4.36. The molecule has 2 rings (SSSR count). The molecular weight excluding hydrogens is 311 g/mol. The van der Waals surface area contributed by atoms with Gasteiger partial charge in [0.2, 0.25) is 0 Å². The van der Waals surface area contributed by atoms with E-state index in [9.17, 15) is 4.79 Å². The summed E-state index contributed by atoms with van der Waals surface area (Å²) in [7, 11) is 1.61. The topological polar surface area (TPSA) is 33.2 Å². The van der Waals surface area contributed by atoms with Crippen LogP contribution in [0.4, 0.5) is 5.69 Å². The van der Waals surface area contributed by atoms with Crippen LogP contribution in [-0.4, -0.2) is 17.3 Å². The summed E-state index contributed by atoms with van der Waals surface area (Å²) in [5.41, 5.74) is 1.76. The van der Waals surface area contributed by atoms with Crippen LogP contribution in [0, 0.1) is 0 Å². The van der Waals surface area contributed by atoms with E-state index < -0.39 is 0 Å². The maximum atomic E-state index is 11.7. The molecule has 1 aliphatic rings. The van der Waals surface area contributed by atoms with Gasteiger partial charge in [0.25, 0.3) is 0 Å². The van der Waals surface area contributed by atoms with Crippen LogP contribution in [0.15, 0.2) is 18.5 Å². The first-order chi connectivity index (χ1) is 6.83. The fourth-order valence-corrected chi connectivity index (χ4v) is 3.18. The Kier molecular flexibility index (Phi) is 3.27. The summed E-state index contributed by atoms with van der Waals surface area (Å²) in [5, 5.41) is 0. The fraction of sp³-hybridized carbons (Fsp3) is 0.333. The number of nitrogens with zero attached hydrogens (tertiary/aromatic N) is 2. The summed E-state index contributed by atoms with van der Waals surface area (Å²) in [6, 6.07) is 1.81. The van der Waals surface area contributed by atoms with E-state index >= 15 is 0 Å². The minimum atomic E-state index is 0.232. The lowest BCUT2D eigenvalue weighted by Crippen LogP contribution is -2.13. The normalized spacial score (nSPS) is 16.4. The molecule has 0 radical (unpaired) electrons. The Bertz CT molecular complexity index is 358. The van der Waals surface area contributed by atoms with E-state index in [4.69, 9.17) is 0 Å². The van der Waals surface area contributed by atoms with Gasteiger partial charge in [-0.1, -0.05) is 0 Å². The molecule has 0 N–H and O–H groups in total. The smallest absolute Gasteiger partial charge is 0.165 e. The largest absolute Gasteiger partial charge is 0.305 e. The molecule has 0 saturated carbocycles. The van der Waals surface area contributed by atoms with Crippen molar-refractivity contribution >= 4 is 41.8 Å². The highest BCUT2D eigenvalue weighted by molar-refractivity contribution is 14.2. The van der Waals surface area contributed by atoms with Gasteiger partial charge < -0.3 is 4.31 Å². The summed E-state index contributed by atoms with van der Waals surface area (Å²) in [5.74, 6) is 0.232. The van der Waals surface area contributed by atoms with Gasteiger partial charge in [-0.05, 0) is 12.5 Å². The number of carbonyl (C=O) groups is 1. The molecule has 5 heteroatoms. The van der Waals surface area contributed by atoms with Gasteiger partial charge in [0.1, 0.15) is 0 Å². The van der Waals surface area contributed by atoms with Gasteiger partial charge >= 0.3 is 0 Å². The van der Waals surface area contributed by atoms with Crippen LogP contribution < -0.4 is 4.31 Å². The molecule has 0 amide bonds. The summed E-state index contributed by atoms with van der Waals surface area (Å²) in [6.07, 6.45) is 5.01. The predicted molar refractivity (Wildman–Crippen MR) is 66.8 cm³/mol. The number of halogens is 1. The Morgan fingerprint density at radius 3 is 3.21 bits per heavy atom. The standard InChI is InChI=1S/C9H9IN2OS/c10-14-12-5-1-2-9(13)7-3-4-11-6-8(7)12/h3-4,6H,1-2,5H2. The minimum absolute atomic E-state index is 0.232. The van der Waals surface area contributed by atoms with Crippen molar-refractivity contribution in [3.05, 3.63) is 24.0 Å². The highest BCUT2D eigenvalue weighted by Crippen LogP contribution is 2.32. The monoisotopic (exact) mass is 320 g/mol. The lowest BCUT2D eigenvalue weighted by atomic mass is 10.1. The van der Waals surface area contributed by atoms with E-state index in [1.54, 1.807) is 21.5 Å². The van der Waals surface area contributed by atoms with Gasteiger partial charge in [0.15, 0.2) is 5.78 Å². The number of anilines is 1. The molecule has 0 aromatic carbocycles. The number of hydrogen-bond donors (Lipinski definition) is 0. The maximum absolute atomic E-state index is 11.7. The van der Waals surface area contributed by atoms with Gasteiger partial charge in [-0.15, -0.1) is 0 Å². The van der Waals surface area contributed by atoms with Crippen LogP contribution in [-0.2, 0) is 0 Å². The zero-order valence-corrected chi connectivity index (χ0v) is 10.4. The van der Waals surface area contributed by atoms with Crippen LogP contribution in [0.3, 0.4) is 0 Å². The molecule has 0 fully saturated rings. The quantitative estimate of drug-likeness (QED) is 0.588. The predicted octanol–water partition coefficient (Wildman–Crippen LogP) is 2.86. The summed E-state index contributed by atoms with van der Waals surface area (Å²) >= 11 is 2.23. The van der Waals surface area contributed by atoms with Crippen LogP contribution in [0.5, 0.6) is 0 Å². The number of fused-ring (bicyclic) bond motifs is 1. The van der Waals surface area contributed by atoms with Crippen LogP contribution in [0.2, 0.25) is 0 Å². The summed E-state index contributed by atoms with van der Waals surface area (Å²) in [4.78, 5) is 15.8. The first-order valence-corrected chi connectivity index (χ1v) is 7.68. The van der Waals surface area contributed by atoms with E-state index in [1.807, 2.05) is 6.07 Å². The van der Waals surface area contributed by atoms with Gasteiger partial charge in [0.05, 0.1) is 11.9 Å². The number of hydrogen-bond acceptors (Lipinski definition) is 4. The van der Waals surface area contributed by atoms with Crippen LogP contribution in [0.1, 0.15) is 23.2 Å². The van der Waals surface area contributed by atoms with Crippen molar-refractivity contribution in [3.8, 4) is 0 Å². The molecule has 74 valence electrons. The van der Waals surface area contributed by atoms with Crippen LogP contribution in [0.25, 0.3) is 0 Å². The number of aromatic nitrogens is 1. The minimum Gasteiger partial charge on any atom is -0.305 e. The van der Waals surface area contributed by atoms with E-state index in [2.05, 4.69) is 30.5 Å². The van der Waals surface area contributed by atoms with Crippen molar-refractivity contribution in [1.29, 1.82) is 0 Å². The van der Waals surface area contributed by atoms with Crippen molar-refractivity contribution in [1.82, 2.24) is 4.98 Å². The molecule has 0 aliphatic carbocycles. The van der Waals surface area contributed by atoms with Crippen molar-refractivity contribution in [3.63, 3.8) is 0 Å². The number of rotatable bonds is 1. The molecule has 0 atom stereocenters. The molecule has 0 bridgehead atoms. The highest BCUT2D eigenvalue weighted by atomic mass is 127. The third-order valence-electron chi connectivity index (χ3n) is 2.22. The zero-order valence-electron chi connectivity index (χ0n) is 7.44. The summed E-state index contributed by atoms with van der Waals surface area (Å²) in [6.45, 7) is 0.915. The van der Waals surface area contributed by atoms with Gasteiger partial charge in [0, 0.05) is 55.1 Å². The van der Waals surface area contributed by atoms with Crippen molar-refractivity contribution in [2.45, 2.75) is 12.8 Å². The van der Waals surface area contributed by atoms with Crippen molar-refractivity contribution in [2.24, 2.45) is 0 Å². The Hall–Kier alpha value is -0.300. The Morgan fingerprint density at radius 1 is 1.57 bits per heavy atom. The SMILES string of the molecule is O=C1CCCN(SI)c2cnccc21. The molecule has 0 spiro atoms. The van der Waals surface area contributed by atoms with E-state index in [0.717, 1.165) is 24.2 Å². The molecule has 14 heavy (non-hydrogen) atoms. The maximum Gasteiger partial charge on any atom is 0.165 e. The highest BCUT2D eigenvalue weighted by Gasteiger charge is 2.20. The molecule has 0 saturated heterocycles. The molecule has 1 aromatic rings. The Labute approximate surface area is 99.0 Å². The van der Waals surface area contributed by atoms with E-state index in [1.165, 1.54) is 0 Å². The molecular formula is C9H9IN2OS. The average molecular weight is 320 g/mol. The van der Waals surface area contributed by atoms with Crippen molar-refractivity contribution in [2.75, 3.05) is 10.8 Å². The van der Waals surface area contributed by atoms with Gasteiger partial charge in [-0.2, -0.15) is 0 Å². The molecule has 0 unspecified atom stereocenters. The Balaban J connectivity index is 2.47. The zero-order chi connectivity index (χ0) is 9.97. The van der Waals surface area contributed by atoms with E-state index in [0.29, 0.717) is 6.42 Å². The molecule has 3 nitrogen and oxygen atoms in total. The number of carbonyl (C=O) groups excluding carboxylic acids is 1. The number of Topliss-reactive ketones (excluding diaryl/α,β-unsaturated/α-hetero) is 1. The molecule has 1 aromatic heterocycles. The number of ketones is 1. The first kappa shape index (κ1) is 10.2. The third-order valence-corrected chi connectivity index (χ3v) is 4.19. The Morgan fingerprint density at radius 2 is 2.43 bits per heavy atom. The fourth-order valence-electron chi connectivity index (χ4n) is 1.53. The van der Waals surface area contributed by atoms with Crippen LogP contribution >= 0.6 is 30.3 Å². The lowest BCUT2D eigenvalue weighted by molar-refractivity contribution is 0.0983. The summed E-state index contributed by atoms with van der Waals surface area (Å²) < 4.78 is 2.12. The van der Waals surface area contributed by atoms with Gasteiger partial charge in [-0.25, -0.2) is 0 Å². The molecule has 2 heterocycles. The van der Waals surface area contributed by atoms with Crippen molar-refractivity contribution < 1.29 is 4.79 Å². The lowest BCUT2D eigenvalue weighted by Gasteiger charge is -2.18. The second-order valence-electron chi connectivity index (χ2n) is 3.09. The average Bonchev–Trinajstić information content (AvgIpc) is 2.39. The third kappa shape index (κ3) is 1.88. The second kappa shape index (κ2) is 4.48. The number of pyridine rings is 1. The van der Waals surface area contributed by atoms with E-state index in [-0.39, 0.29) is 5.78 Å². The van der Waals surface area contributed by atoms with Gasteiger partial charge in [-0.3, -0.25) is 9.78 Å². The second-order valence-corrected chi connectivity index (χ2v) is 4.85. The molecule has 1 aliphatic heterocycles.